The van der Waals surface area contributed by atoms with Gasteiger partial charge in [0.2, 0.25) is 0 Å². The van der Waals surface area contributed by atoms with Gasteiger partial charge in [0.1, 0.15) is 5.69 Å². The van der Waals surface area contributed by atoms with Crippen LogP contribution in [0.25, 0.3) is 10.9 Å². The van der Waals surface area contributed by atoms with Gasteiger partial charge in [-0.3, -0.25) is 9.78 Å². The molecule has 0 bridgehead atoms. The van der Waals surface area contributed by atoms with Crippen LogP contribution in [0.3, 0.4) is 0 Å². The van der Waals surface area contributed by atoms with Crippen molar-refractivity contribution in [3.05, 3.63) is 71.9 Å². The Balaban J connectivity index is 0.00000192. The van der Waals surface area contributed by atoms with Crippen molar-refractivity contribution in [3.8, 4) is 0 Å². The lowest BCUT2D eigenvalue weighted by atomic mass is 10.1. The highest BCUT2D eigenvalue weighted by Crippen LogP contribution is 2.18. The summed E-state index contributed by atoms with van der Waals surface area (Å²) >= 11 is 0. The molecule has 0 saturated heterocycles. The van der Waals surface area contributed by atoms with E-state index >= 15 is 0 Å². The highest BCUT2D eigenvalue weighted by molar-refractivity contribution is 5.96. The summed E-state index contributed by atoms with van der Waals surface area (Å²) in [6.45, 7) is 2.74. The molecule has 3 nitrogen and oxygen atoms in total. The van der Waals surface area contributed by atoms with Gasteiger partial charge in [0.05, 0.1) is 23.9 Å². The summed E-state index contributed by atoms with van der Waals surface area (Å²) < 4.78 is 0. The van der Waals surface area contributed by atoms with Gasteiger partial charge in [-0.05, 0) is 19.1 Å². The molecular formula is C19H19ClN2O. The fraction of sp³-hybridized carbons (Fsp3) is 0.158. The fourth-order valence-electron chi connectivity index (χ4n) is 2.64. The second kappa shape index (κ2) is 7.86. The predicted octanol–water partition coefficient (Wildman–Crippen LogP) is 0.0151. The topological polar surface area (TPSA) is 46.6 Å². The Morgan fingerprint density at radius 2 is 1.74 bits per heavy atom. The number of fused-ring (bicyclic) bond motifs is 1. The van der Waals surface area contributed by atoms with Crippen molar-refractivity contribution in [2.75, 3.05) is 6.54 Å². The predicted molar refractivity (Wildman–Crippen MR) is 88.3 cm³/mol. The van der Waals surface area contributed by atoms with Crippen LogP contribution in [0.4, 0.5) is 5.69 Å². The van der Waals surface area contributed by atoms with Crippen molar-refractivity contribution in [3.63, 3.8) is 0 Å². The minimum absolute atomic E-state index is 0. The van der Waals surface area contributed by atoms with Gasteiger partial charge in [-0.25, -0.2) is 0 Å². The van der Waals surface area contributed by atoms with Crippen molar-refractivity contribution in [2.24, 2.45) is 0 Å². The van der Waals surface area contributed by atoms with E-state index in [9.17, 15) is 4.79 Å². The highest BCUT2D eigenvalue weighted by atomic mass is 35.5. The van der Waals surface area contributed by atoms with E-state index in [4.69, 9.17) is 0 Å². The van der Waals surface area contributed by atoms with Gasteiger partial charge in [-0.1, -0.05) is 42.5 Å². The first-order chi connectivity index (χ1) is 10.7. The molecule has 0 atom stereocenters. The molecule has 0 amide bonds. The van der Waals surface area contributed by atoms with Crippen LogP contribution in [0.1, 0.15) is 22.5 Å². The van der Waals surface area contributed by atoms with Crippen LogP contribution in [0.5, 0.6) is 0 Å². The number of nitrogens with two attached hydrogens (primary N) is 1. The third-order valence-electron chi connectivity index (χ3n) is 3.71. The molecule has 0 aliphatic heterocycles. The summed E-state index contributed by atoms with van der Waals surface area (Å²) in [7, 11) is 0. The standard InChI is InChI=1S/C19H18N2O.ClH/c1-14-13-18(16-9-5-6-10-17(16)21-14)20-12-11-19(22)15-7-3-2-4-8-15;/h2-10,13H,11-12H2,1H3,(H,20,21);1H. The molecule has 0 radical (unpaired) electrons. The number of nitrogens with zero attached hydrogens (tertiary/aromatic N) is 1. The van der Waals surface area contributed by atoms with E-state index in [2.05, 4.69) is 22.4 Å². The van der Waals surface area contributed by atoms with Crippen LogP contribution < -0.4 is 17.7 Å². The third kappa shape index (κ3) is 4.15. The summed E-state index contributed by atoms with van der Waals surface area (Å²) in [4.78, 5) is 16.7. The normalized spacial score (nSPS) is 10.3. The number of pyridine rings is 1. The molecule has 4 heteroatoms. The Morgan fingerprint density at radius 1 is 1.04 bits per heavy atom. The lowest BCUT2D eigenvalue weighted by Crippen LogP contribution is -3.00. The first kappa shape index (κ1) is 17.1. The fourth-order valence-corrected chi connectivity index (χ4v) is 2.64. The zero-order valence-electron chi connectivity index (χ0n) is 13.0. The number of aryl methyl sites for hydroxylation is 1. The summed E-state index contributed by atoms with van der Waals surface area (Å²) in [5.74, 6) is 0.187. The molecule has 1 aromatic heterocycles. The van der Waals surface area contributed by atoms with Gasteiger partial charge in [-0.15, -0.1) is 0 Å². The molecule has 0 spiro atoms. The number of carbonyl (C=O) groups is 1. The Labute approximate surface area is 142 Å². The molecule has 3 rings (SSSR count). The second-order valence-corrected chi connectivity index (χ2v) is 5.40. The SMILES string of the molecule is Cc1cc([NH2+]CCC(=O)c2ccccc2)c2ccccc2n1.[Cl-]. The maximum Gasteiger partial charge on any atom is 0.168 e. The monoisotopic (exact) mass is 326 g/mol. The van der Waals surface area contributed by atoms with Gasteiger partial charge in [0, 0.05) is 17.3 Å². The number of quaternary nitrogens is 1. The van der Waals surface area contributed by atoms with Crippen molar-refractivity contribution in [1.82, 2.24) is 4.98 Å². The minimum Gasteiger partial charge on any atom is -1.00 e. The van der Waals surface area contributed by atoms with E-state index < -0.39 is 0 Å². The van der Waals surface area contributed by atoms with E-state index in [1.807, 2.05) is 55.5 Å². The second-order valence-electron chi connectivity index (χ2n) is 5.40. The number of benzene rings is 2. The molecule has 2 N–H and O–H groups in total. The Morgan fingerprint density at radius 3 is 2.52 bits per heavy atom. The van der Waals surface area contributed by atoms with Crippen LogP contribution >= 0.6 is 0 Å². The smallest absolute Gasteiger partial charge is 0.168 e. The van der Waals surface area contributed by atoms with Gasteiger partial charge < -0.3 is 17.7 Å². The number of hydrogen-bond donors (Lipinski definition) is 1. The van der Waals surface area contributed by atoms with Gasteiger partial charge in [0.25, 0.3) is 0 Å². The third-order valence-corrected chi connectivity index (χ3v) is 3.71. The van der Waals surface area contributed by atoms with E-state index in [-0.39, 0.29) is 18.2 Å². The Kier molecular flexibility index (Phi) is 5.85. The van der Waals surface area contributed by atoms with Crippen molar-refractivity contribution < 1.29 is 22.5 Å². The number of hydrogen-bond acceptors (Lipinski definition) is 2. The summed E-state index contributed by atoms with van der Waals surface area (Å²) in [6, 6.07) is 19.7. The van der Waals surface area contributed by atoms with E-state index in [1.54, 1.807) is 0 Å². The van der Waals surface area contributed by atoms with Gasteiger partial charge >= 0.3 is 0 Å². The number of aromatic nitrogens is 1. The molecule has 3 aromatic rings. The number of halogens is 1. The molecule has 0 aliphatic rings. The van der Waals surface area contributed by atoms with Crippen molar-refractivity contribution in [1.29, 1.82) is 0 Å². The number of carbonyl (C=O) groups excluding carboxylic acids is 1. The van der Waals surface area contributed by atoms with Crippen LogP contribution in [0, 0.1) is 6.92 Å². The first-order valence-electron chi connectivity index (χ1n) is 7.52. The molecule has 118 valence electrons. The number of ketones is 1. The number of Topliss-reactive ketones (excluding diaryl/α,β-unsaturated/α-hetero) is 1. The first-order valence-corrected chi connectivity index (χ1v) is 7.52. The largest absolute Gasteiger partial charge is 1.00 e. The molecular weight excluding hydrogens is 308 g/mol. The van der Waals surface area contributed by atoms with E-state index in [1.165, 1.54) is 0 Å². The van der Waals surface area contributed by atoms with Crippen LogP contribution in [-0.2, 0) is 0 Å². The molecule has 1 heterocycles. The Bertz CT molecular complexity index is 803. The zero-order valence-corrected chi connectivity index (χ0v) is 13.8. The lowest BCUT2D eigenvalue weighted by Gasteiger charge is -2.06. The summed E-state index contributed by atoms with van der Waals surface area (Å²) in [5, 5.41) is 3.28. The minimum atomic E-state index is 0. The van der Waals surface area contributed by atoms with Crippen molar-refractivity contribution in [2.45, 2.75) is 13.3 Å². The van der Waals surface area contributed by atoms with Crippen LogP contribution in [0.2, 0.25) is 0 Å². The van der Waals surface area contributed by atoms with Crippen LogP contribution in [-0.4, -0.2) is 17.3 Å². The number of rotatable bonds is 5. The lowest BCUT2D eigenvalue weighted by molar-refractivity contribution is -0.568. The molecule has 0 unspecified atom stereocenters. The summed E-state index contributed by atoms with van der Waals surface area (Å²) in [5.41, 5.74) is 3.94. The maximum atomic E-state index is 12.1. The Hall–Kier alpha value is -2.23. The molecule has 23 heavy (non-hydrogen) atoms. The van der Waals surface area contributed by atoms with Crippen molar-refractivity contribution >= 4 is 22.4 Å². The van der Waals surface area contributed by atoms with Crippen LogP contribution in [0.15, 0.2) is 60.7 Å². The summed E-state index contributed by atoms with van der Waals surface area (Å²) in [6.07, 6.45) is 0.527. The average molecular weight is 327 g/mol. The van der Waals surface area contributed by atoms with E-state index in [0.717, 1.165) is 34.4 Å². The molecule has 2 aromatic carbocycles. The highest BCUT2D eigenvalue weighted by Gasteiger charge is 2.09. The quantitative estimate of drug-likeness (QED) is 0.672. The maximum absolute atomic E-state index is 12.1. The van der Waals surface area contributed by atoms with Gasteiger partial charge in [-0.2, -0.15) is 0 Å². The zero-order chi connectivity index (χ0) is 15.4. The average Bonchev–Trinajstić information content (AvgIpc) is 2.55. The molecule has 0 saturated carbocycles. The van der Waals surface area contributed by atoms with Gasteiger partial charge in [0.15, 0.2) is 5.78 Å². The van der Waals surface area contributed by atoms with E-state index in [0.29, 0.717) is 6.42 Å². The number of para-hydroxylation sites is 1. The molecule has 0 aliphatic carbocycles. The molecule has 0 fully saturated rings.